The number of hydrogen-bond donors (Lipinski definition) is 2. The second kappa shape index (κ2) is 5.48. The summed E-state index contributed by atoms with van der Waals surface area (Å²) in [5.41, 5.74) is 0. The van der Waals surface area contributed by atoms with Crippen LogP contribution in [-0.4, -0.2) is 51.6 Å². The Labute approximate surface area is 111 Å². The van der Waals surface area contributed by atoms with Crippen molar-refractivity contribution < 1.29 is 14.7 Å². The number of rotatable bonds is 5. The predicted octanol–water partition coefficient (Wildman–Crippen LogP) is 0.329. The van der Waals surface area contributed by atoms with Gasteiger partial charge in [-0.25, -0.2) is 0 Å². The number of carbonyl (C=O) groups is 2. The van der Waals surface area contributed by atoms with E-state index in [1.165, 1.54) is 0 Å². The summed E-state index contributed by atoms with van der Waals surface area (Å²) in [5, 5.41) is 11.5. The highest BCUT2D eigenvalue weighted by Gasteiger charge is 2.52. The lowest BCUT2D eigenvalue weighted by Gasteiger charge is -2.29. The van der Waals surface area contributed by atoms with Gasteiger partial charge in [0.1, 0.15) is 6.04 Å². The normalized spacial score (nSPS) is 30.7. The molecule has 18 heavy (non-hydrogen) atoms. The van der Waals surface area contributed by atoms with E-state index < -0.39 is 0 Å². The molecule has 0 aromatic carbocycles. The Balaban J connectivity index is 1.89. The van der Waals surface area contributed by atoms with E-state index in [9.17, 15) is 9.59 Å². The Bertz CT molecular complexity index is 350. The molecular weight excluding hydrogens is 252 g/mol. The summed E-state index contributed by atoms with van der Waals surface area (Å²) in [4.78, 5) is 25.5. The predicted molar refractivity (Wildman–Crippen MR) is 70.1 cm³/mol. The average Bonchev–Trinajstić information content (AvgIpc) is 2.83. The van der Waals surface area contributed by atoms with Gasteiger partial charge in [0.25, 0.3) is 0 Å². The van der Waals surface area contributed by atoms with Gasteiger partial charge in [0.05, 0.1) is 4.87 Å². The molecule has 6 heteroatoms. The maximum absolute atomic E-state index is 12.1. The number of nitrogens with zero attached hydrogens (tertiary/aromatic N) is 1. The number of carbonyl (C=O) groups excluding carboxylic acids is 2. The number of unbranched alkanes of at least 4 members (excludes halogenated alkanes) is 1. The van der Waals surface area contributed by atoms with Gasteiger partial charge < -0.3 is 15.3 Å². The van der Waals surface area contributed by atoms with E-state index >= 15 is 0 Å². The highest BCUT2D eigenvalue weighted by atomic mass is 32.2. The first kappa shape index (κ1) is 13.7. The van der Waals surface area contributed by atoms with Crippen molar-refractivity contribution in [3.05, 3.63) is 0 Å². The zero-order valence-electron chi connectivity index (χ0n) is 10.6. The Morgan fingerprint density at radius 1 is 1.61 bits per heavy atom. The lowest BCUT2D eigenvalue weighted by Crippen LogP contribution is -2.50. The summed E-state index contributed by atoms with van der Waals surface area (Å²) in [6.07, 6.45) is 2.86. The van der Waals surface area contributed by atoms with Crippen molar-refractivity contribution in [3.8, 4) is 0 Å². The lowest BCUT2D eigenvalue weighted by molar-refractivity contribution is -0.137. The molecule has 102 valence electrons. The Kier molecular flexibility index (Phi) is 4.17. The SMILES string of the molecule is CC12CCC(=O)N1C(C(=O)NCCCCO)CS2. The molecule has 2 unspecified atom stereocenters. The topological polar surface area (TPSA) is 69.6 Å². The zero-order chi connectivity index (χ0) is 13.2. The Morgan fingerprint density at radius 2 is 2.39 bits per heavy atom. The number of thioether (sulfide) groups is 1. The zero-order valence-corrected chi connectivity index (χ0v) is 11.5. The first-order valence-electron chi connectivity index (χ1n) is 6.43. The minimum Gasteiger partial charge on any atom is -0.396 e. The maximum Gasteiger partial charge on any atom is 0.243 e. The van der Waals surface area contributed by atoms with Gasteiger partial charge in [-0.2, -0.15) is 0 Å². The summed E-state index contributed by atoms with van der Waals surface area (Å²) in [7, 11) is 0. The van der Waals surface area contributed by atoms with E-state index in [1.54, 1.807) is 16.7 Å². The first-order valence-corrected chi connectivity index (χ1v) is 7.42. The number of nitrogens with one attached hydrogen (secondary N) is 1. The van der Waals surface area contributed by atoms with Crippen molar-refractivity contribution >= 4 is 23.6 Å². The highest BCUT2D eigenvalue weighted by Crippen LogP contribution is 2.47. The van der Waals surface area contributed by atoms with Gasteiger partial charge in [-0.1, -0.05) is 0 Å². The lowest BCUT2D eigenvalue weighted by atomic mass is 10.2. The molecule has 2 aliphatic heterocycles. The number of hydrogen-bond acceptors (Lipinski definition) is 4. The van der Waals surface area contributed by atoms with Crippen LogP contribution in [0.25, 0.3) is 0 Å². The largest absolute Gasteiger partial charge is 0.396 e. The molecule has 2 N–H and O–H groups in total. The number of amides is 2. The van der Waals surface area contributed by atoms with Crippen LogP contribution in [0.5, 0.6) is 0 Å². The number of fused-ring (bicyclic) bond motifs is 1. The maximum atomic E-state index is 12.1. The molecule has 0 saturated carbocycles. The molecule has 2 amide bonds. The van der Waals surface area contributed by atoms with E-state index in [0.717, 1.165) is 12.8 Å². The number of aliphatic hydroxyl groups is 1. The van der Waals surface area contributed by atoms with E-state index in [1.807, 2.05) is 6.92 Å². The van der Waals surface area contributed by atoms with Crippen LogP contribution in [0.15, 0.2) is 0 Å². The minimum atomic E-state index is -0.316. The molecular formula is C12H20N2O3S. The third-order valence-electron chi connectivity index (χ3n) is 3.63. The quantitative estimate of drug-likeness (QED) is 0.708. The molecule has 0 aromatic rings. The fraction of sp³-hybridized carbons (Fsp3) is 0.833. The standard InChI is InChI=1S/C12H20N2O3S/c1-12-5-4-10(16)14(12)9(8-18-12)11(17)13-6-2-3-7-15/h9,15H,2-8H2,1H3,(H,13,17). The molecule has 2 heterocycles. The van der Waals surface area contributed by atoms with Crippen molar-refractivity contribution in [1.29, 1.82) is 0 Å². The van der Waals surface area contributed by atoms with Crippen LogP contribution in [0.1, 0.15) is 32.6 Å². The summed E-state index contributed by atoms with van der Waals surface area (Å²) < 4.78 is 0. The molecule has 0 bridgehead atoms. The Morgan fingerprint density at radius 3 is 3.11 bits per heavy atom. The molecule has 2 rings (SSSR count). The fourth-order valence-corrected chi connectivity index (χ4v) is 4.01. The second-order valence-corrected chi connectivity index (χ2v) is 6.49. The Hall–Kier alpha value is -0.750. The van der Waals surface area contributed by atoms with Crippen molar-refractivity contribution in [3.63, 3.8) is 0 Å². The fourth-order valence-electron chi connectivity index (χ4n) is 2.58. The monoisotopic (exact) mass is 272 g/mol. The van der Waals surface area contributed by atoms with Crippen molar-refractivity contribution in [2.24, 2.45) is 0 Å². The molecule has 2 fully saturated rings. The minimum absolute atomic E-state index is 0.0561. The van der Waals surface area contributed by atoms with Crippen LogP contribution in [0.4, 0.5) is 0 Å². The van der Waals surface area contributed by atoms with Gasteiger partial charge >= 0.3 is 0 Å². The summed E-state index contributed by atoms with van der Waals surface area (Å²) in [5.74, 6) is 0.728. The molecule has 0 aliphatic carbocycles. The van der Waals surface area contributed by atoms with E-state index in [4.69, 9.17) is 5.11 Å². The second-order valence-electron chi connectivity index (χ2n) is 4.99. The van der Waals surface area contributed by atoms with E-state index in [-0.39, 0.29) is 29.3 Å². The molecule has 5 nitrogen and oxygen atoms in total. The van der Waals surface area contributed by atoms with Crippen LogP contribution >= 0.6 is 11.8 Å². The molecule has 0 spiro atoms. The van der Waals surface area contributed by atoms with Crippen molar-refractivity contribution in [2.75, 3.05) is 18.9 Å². The average molecular weight is 272 g/mol. The summed E-state index contributed by atoms with van der Waals surface area (Å²) in [6.45, 7) is 2.76. The summed E-state index contributed by atoms with van der Waals surface area (Å²) >= 11 is 1.70. The van der Waals surface area contributed by atoms with Gasteiger partial charge in [0.15, 0.2) is 0 Å². The van der Waals surface area contributed by atoms with Gasteiger partial charge in [-0.15, -0.1) is 11.8 Å². The van der Waals surface area contributed by atoms with Crippen LogP contribution in [0.3, 0.4) is 0 Å². The van der Waals surface area contributed by atoms with E-state index in [0.29, 0.717) is 25.1 Å². The van der Waals surface area contributed by atoms with E-state index in [2.05, 4.69) is 5.32 Å². The highest BCUT2D eigenvalue weighted by molar-refractivity contribution is 8.01. The number of aliphatic hydroxyl groups excluding tert-OH is 1. The smallest absolute Gasteiger partial charge is 0.243 e. The molecule has 0 radical (unpaired) electrons. The molecule has 2 atom stereocenters. The van der Waals surface area contributed by atoms with Gasteiger partial charge in [0.2, 0.25) is 11.8 Å². The van der Waals surface area contributed by atoms with Crippen LogP contribution in [0.2, 0.25) is 0 Å². The van der Waals surface area contributed by atoms with Crippen LogP contribution in [0, 0.1) is 0 Å². The van der Waals surface area contributed by atoms with Crippen LogP contribution in [-0.2, 0) is 9.59 Å². The third-order valence-corrected chi connectivity index (χ3v) is 5.14. The summed E-state index contributed by atoms with van der Waals surface area (Å²) in [6, 6.07) is -0.316. The van der Waals surface area contributed by atoms with Gasteiger partial charge in [-0.05, 0) is 26.2 Å². The molecule has 2 aliphatic rings. The molecule has 2 saturated heterocycles. The van der Waals surface area contributed by atoms with Gasteiger partial charge in [-0.3, -0.25) is 9.59 Å². The first-order chi connectivity index (χ1) is 8.58. The third kappa shape index (κ3) is 2.49. The van der Waals surface area contributed by atoms with Crippen molar-refractivity contribution in [2.45, 2.75) is 43.5 Å². The van der Waals surface area contributed by atoms with Crippen molar-refractivity contribution in [1.82, 2.24) is 10.2 Å². The van der Waals surface area contributed by atoms with Gasteiger partial charge in [0, 0.05) is 25.3 Å². The molecule has 0 aromatic heterocycles. The van der Waals surface area contributed by atoms with Crippen LogP contribution < -0.4 is 5.32 Å².